The fourth-order valence-corrected chi connectivity index (χ4v) is 1.51. The maximum Gasteiger partial charge on any atom is 0.127 e. The average Bonchev–Trinajstić information content (AvgIpc) is 2.78. The van der Waals surface area contributed by atoms with E-state index in [4.69, 9.17) is 10.5 Å². The fraction of sp³-hybridized carbons (Fsp3) is 0.273. The highest BCUT2D eigenvalue weighted by Crippen LogP contribution is 2.15. The molecule has 16 heavy (non-hydrogen) atoms. The molecule has 0 atom stereocenters. The van der Waals surface area contributed by atoms with Crippen molar-refractivity contribution in [3.05, 3.63) is 36.0 Å². The van der Waals surface area contributed by atoms with Crippen LogP contribution in [0, 0.1) is 0 Å². The van der Waals surface area contributed by atoms with Gasteiger partial charge in [0.25, 0.3) is 0 Å². The van der Waals surface area contributed by atoms with Crippen molar-refractivity contribution in [2.45, 2.75) is 12.8 Å². The first-order chi connectivity index (χ1) is 7.78. The SMILES string of the molecule is COc1cc(N)nc(CCc2ncc[nH]2)c1. The lowest BCUT2D eigenvalue weighted by Crippen LogP contribution is -2.00. The Hall–Kier alpha value is -2.04. The molecule has 0 aliphatic carbocycles. The van der Waals surface area contributed by atoms with E-state index in [1.54, 1.807) is 19.4 Å². The summed E-state index contributed by atoms with van der Waals surface area (Å²) < 4.78 is 5.13. The number of nitrogen functional groups attached to an aromatic ring is 1. The standard InChI is InChI=1S/C11H14N4O/c1-16-9-6-8(15-10(12)7-9)2-3-11-13-4-5-14-11/h4-7H,2-3H2,1H3,(H2,12,15)(H,13,14). The number of nitrogens with one attached hydrogen (secondary N) is 1. The maximum atomic E-state index is 5.67. The van der Waals surface area contributed by atoms with Crippen LogP contribution >= 0.6 is 0 Å². The molecule has 0 amide bonds. The maximum absolute atomic E-state index is 5.67. The molecule has 3 N–H and O–H groups in total. The number of ether oxygens (including phenoxy) is 1. The van der Waals surface area contributed by atoms with E-state index in [1.807, 2.05) is 12.3 Å². The molecule has 0 saturated carbocycles. The topological polar surface area (TPSA) is 76.8 Å². The number of aromatic amines is 1. The minimum absolute atomic E-state index is 0.480. The van der Waals surface area contributed by atoms with Gasteiger partial charge in [0, 0.05) is 36.6 Å². The van der Waals surface area contributed by atoms with Crippen molar-refractivity contribution in [1.82, 2.24) is 15.0 Å². The molecule has 2 heterocycles. The second-order valence-corrected chi connectivity index (χ2v) is 3.46. The second-order valence-electron chi connectivity index (χ2n) is 3.46. The van der Waals surface area contributed by atoms with Crippen molar-refractivity contribution in [3.63, 3.8) is 0 Å². The molecule has 0 spiro atoms. The molecule has 0 aromatic carbocycles. The molecule has 0 saturated heterocycles. The highest BCUT2D eigenvalue weighted by Gasteiger charge is 2.02. The molecule has 2 aromatic heterocycles. The molecule has 2 rings (SSSR count). The number of imidazole rings is 1. The summed E-state index contributed by atoms with van der Waals surface area (Å²) in [6, 6.07) is 3.59. The Morgan fingerprint density at radius 3 is 2.94 bits per heavy atom. The molecule has 0 bridgehead atoms. The van der Waals surface area contributed by atoms with Gasteiger partial charge in [0.1, 0.15) is 17.4 Å². The van der Waals surface area contributed by atoms with Crippen molar-refractivity contribution in [1.29, 1.82) is 0 Å². The summed E-state index contributed by atoms with van der Waals surface area (Å²) in [4.78, 5) is 11.4. The van der Waals surface area contributed by atoms with E-state index >= 15 is 0 Å². The fourth-order valence-electron chi connectivity index (χ4n) is 1.51. The minimum atomic E-state index is 0.480. The van der Waals surface area contributed by atoms with Gasteiger partial charge in [0.15, 0.2) is 0 Å². The third-order valence-corrected chi connectivity index (χ3v) is 2.28. The number of aryl methyl sites for hydroxylation is 2. The Morgan fingerprint density at radius 1 is 1.38 bits per heavy atom. The molecule has 84 valence electrons. The number of nitrogens with zero attached hydrogens (tertiary/aromatic N) is 2. The molecular formula is C11H14N4O. The van der Waals surface area contributed by atoms with Crippen molar-refractivity contribution in [2.75, 3.05) is 12.8 Å². The lowest BCUT2D eigenvalue weighted by Gasteiger charge is -2.04. The third-order valence-electron chi connectivity index (χ3n) is 2.28. The number of pyridine rings is 1. The van der Waals surface area contributed by atoms with E-state index < -0.39 is 0 Å². The molecule has 5 nitrogen and oxygen atoms in total. The van der Waals surface area contributed by atoms with E-state index in [9.17, 15) is 0 Å². The highest BCUT2D eigenvalue weighted by atomic mass is 16.5. The molecule has 0 radical (unpaired) electrons. The van der Waals surface area contributed by atoms with Crippen LogP contribution in [0.25, 0.3) is 0 Å². The van der Waals surface area contributed by atoms with Gasteiger partial charge in [-0.1, -0.05) is 0 Å². The number of nitrogens with two attached hydrogens (primary N) is 1. The average molecular weight is 218 g/mol. The van der Waals surface area contributed by atoms with Gasteiger partial charge < -0.3 is 15.5 Å². The van der Waals surface area contributed by atoms with Crippen molar-refractivity contribution >= 4 is 5.82 Å². The van der Waals surface area contributed by atoms with Gasteiger partial charge >= 0.3 is 0 Å². The van der Waals surface area contributed by atoms with Crippen LogP contribution in [-0.4, -0.2) is 22.1 Å². The Balaban J connectivity index is 2.06. The first kappa shape index (κ1) is 10.5. The summed E-state index contributed by atoms with van der Waals surface area (Å²) in [5.74, 6) is 2.17. The Kier molecular flexibility index (Phi) is 3.05. The van der Waals surface area contributed by atoms with Crippen LogP contribution in [0.15, 0.2) is 24.5 Å². The van der Waals surface area contributed by atoms with E-state index in [2.05, 4.69) is 15.0 Å². The van der Waals surface area contributed by atoms with Crippen LogP contribution in [0.3, 0.4) is 0 Å². The first-order valence-corrected chi connectivity index (χ1v) is 5.06. The summed E-state index contributed by atoms with van der Waals surface area (Å²) >= 11 is 0. The molecule has 0 aliphatic heterocycles. The van der Waals surface area contributed by atoms with Crippen molar-refractivity contribution < 1.29 is 4.74 Å². The lowest BCUT2D eigenvalue weighted by atomic mass is 10.2. The van der Waals surface area contributed by atoms with Crippen LogP contribution in [0.5, 0.6) is 5.75 Å². The van der Waals surface area contributed by atoms with E-state index in [0.717, 1.165) is 30.1 Å². The highest BCUT2D eigenvalue weighted by molar-refractivity contribution is 5.38. The van der Waals surface area contributed by atoms with E-state index in [1.165, 1.54) is 0 Å². The zero-order chi connectivity index (χ0) is 11.4. The molecule has 5 heteroatoms. The molecule has 0 aliphatic rings. The van der Waals surface area contributed by atoms with Crippen LogP contribution in [-0.2, 0) is 12.8 Å². The first-order valence-electron chi connectivity index (χ1n) is 5.06. The number of rotatable bonds is 4. The number of methoxy groups -OCH3 is 1. The monoisotopic (exact) mass is 218 g/mol. The zero-order valence-electron chi connectivity index (χ0n) is 9.10. The quantitative estimate of drug-likeness (QED) is 0.807. The van der Waals surface area contributed by atoms with Crippen LogP contribution in [0.4, 0.5) is 5.82 Å². The van der Waals surface area contributed by atoms with E-state index in [0.29, 0.717) is 5.82 Å². The lowest BCUT2D eigenvalue weighted by molar-refractivity contribution is 0.414. The predicted octanol–water partition coefficient (Wildman–Crippen LogP) is 1.18. The van der Waals surface area contributed by atoms with Crippen LogP contribution < -0.4 is 10.5 Å². The summed E-state index contributed by atoms with van der Waals surface area (Å²) in [5.41, 5.74) is 6.58. The molecule has 2 aromatic rings. The molecule has 0 unspecified atom stereocenters. The molecule has 0 fully saturated rings. The zero-order valence-corrected chi connectivity index (χ0v) is 9.10. The third kappa shape index (κ3) is 2.50. The van der Waals surface area contributed by atoms with Crippen molar-refractivity contribution in [2.24, 2.45) is 0 Å². The summed E-state index contributed by atoms with van der Waals surface area (Å²) in [7, 11) is 1.62. The van der Waals surface area contributed by atoms with Crippen LogP contribution in [0.2, 0.25) is 0 Å². The van der Waals surface area contributed by atoms with Gasteiger partial charge in [0.05, 0.1) is 7.11 Å². The van der Waals surface area contributed by atoms with Gasteiger partial charge in [-0.3, -0.25) is 0 Å². The van der Waals surface area contributed by atoms with Crippen molar-refractivity contribution in [3.8, 4) is 5.75 Å². The second kappa shape index (κ2) is 4.65. The number of H-pyrrole nitrogens is 1. The van der Waals surface area contributed by atoms with Gasteiger partial charge in [-0.15, -0.1) is 0 Å². The Morgan fingerprint density at radius 2 is 2.25 bits per heavy atom. The summed E-state index contributed by atoms with van der Waals surface area (Å²) in [6.07, 6.45) is 5.15. The Labute approximate surface area is 93.7 Å². The van der Waals surface area contributed by atoms with Gasteiger partial charge in [-0.2, -0.15) is 0 Å². The number of aromatic nitrogens is 3. The summed E-state index contributed by atoms with van der Waals surface area (Å²) in [5, 5.41) is 0. The largest absolute Gasteiger partial charge is 0.497 e. The minimum Gasteiger partial charge on any atom is -0.497 e. The summed E-state index contributed by atoms with van der Waals surface area (Å²) in [6.45, 7) is 0. The number of anilines is 1. The van der Waals surface area contributed by atoms with Gasteiger partial charge in [-0.05, 0) is 6.42 Å². The molecular weight excluding hydrogens is 204 g/mol. The normalized spacial score (nSPS) is 10.3. The smallest absolute Gasteiger partial charge is 0.127 e. The van der Waals surface area contributed by atoms with Crippen LogP contribution in [0.1, 0.15) is 11.5 Å². The van der Waals surface area contributed by atoms with Gasteiger partial charge in [0.2, 0.25) is 0 Å². The van der Waals surface area contributed by atoms with Gasteiger partial charge in [-0.25, -0.2) is 9.97 Å². The predicted molar refractivity (Wildman–Crippen MR) is 61.2 cm³/mol. The number of hydrogen-bond donors (Lipinski definition) is 2. The Bertz CT molecular complexity index is 453. The number of hydrogen-bond acceptors (Lipinski definition) is 4. The van der Waals surface area contributed by atoms with E-state index in [-0.39, 0.29) is 0 Å².